The number of carbonyl (C=O) groups is 1. The summed E-state index contributed by atoms with van der Waals surface area (Å²) in [6.07, 6.45) is 2.38. The number of hydrogen-bond donors (Lipinski definition) is 2. The normalized spacial score (nSPS) is 16.7. The fraction of sp³-hybridized carbons (Fsp3) is 0.429. The number of nitrogens with one attached hydrogen (secondary N) is 1. The molecule has 1 unspecified atom stereocenters. The van der Waals surface area contributed by atoms with Crippen molar-refractivity contribution in [1.29, 1.82) is 0 Å². The van der Waals surface area contributed by atoms with E-state index >= 15 is 0 Å². The van der Waals surface area contributed by atoms with E-state index in [2.05, 4.69) is 28.0 Å². The van der Waals surface area contributed by atoms with Crippen LogP contribution in [-0.2, 0) is 17.7 Å². The summed E-state index contributed by atoms with van der Waals surface area (Å²) in [7, 11) is 3.64. The van der Waals surface area contributed by atoms with Crippen molar-refractivity contribution in [3.63, 3.8) is 0 Å². The van der Waals surface area contributed by atoms with E-state index in [1.54, 1.807) is 18.3 Å². The number of methoxy groups -OCH3 is 1. The van der Waals surface area contributed by atoms with E-state index in [4.69, 9.17) is 9.47 Å². The number of aliphatic imine (C=N–C) groups is 1. The SMILES string of the molecule is COc1cc(Br)cc(/C=N/c2sc3c(c2C(=O)OC(C)(C)C)CC[NH+](C)C3)c1O. The Morgan fingerprint density at radius 3 is 2.76 bits per heavy atom. The van der Waals surface area contributed by atoms with Gasteiger partial charge in [0.05, 0.1) is 25.6 Å². The number of fused-ring (bicyclic) bond motifs is 1. The first-order valence-electron chi connectivity index (χ1n) is 9.38. The van der Waals surface area contributed by atoms with Gasteiger partial charge in [-0.1, -0.05) is 15.9 Å². The van der Waals surface area contributed by atoms with E-state index < -0.39 is 5.60 Å². The Bertz CT molecular complexity index is 963. The molecule has 2 aromatic rings. The molecule has 6 nitrogen and oxygen atoms in total. The third-order valence-corrected chi connectivity index (χ3v) is 6.15. The maximum atomic E-state index is 13.0. The zero-order valence-electron chi connectivity index (χ0n) is 17.3. The maximum Gasteiger partial charge on any atom is 0.342 e. The molecule has 2 N–H and O–H groups in total. The Balaban J connectivity index is 2.04. The summed E-state index contributed by atoms with van der Waals surface area (Å²) in [4.78, 5) is 20.1. The third kappa shape index (κ3) is 4.99. The third-order valence-electron chi connectivity index (χ3n) is 4.55. The van der Waals surface area contributed by atoms with Gasteiger partial charge in [0.25, 0.3) is 0 Å². The van der Waals surface area contributed by atoms with Gasteiger partial charge in [-0.15, -0.1) is 11.3 Å². The Hall–Kier alpha value is -1.90. The van der Waals surface area contributed by atoms with Crippen LogP contribution < -0.4 is 9.64 Å². The van der Waals surface area contributed by atoms with Crippen molar-refractivity contribution >= 4 is 44.5 Å². The molecule has 2 heterocycles. The molecule has 1 aromatic carbocycles. The molecule has 3 rings (SSSR count). The number of hydrogen-bond acceptors (Lipinski definition) is 6. The summed E-state index contributed by atoms with van der Waals surface area (Å²) in [6, 6.07) is 3.43. The molecule has 0 amide bonds. The molecule has 0 aliphatic carbocycles. The lowest BCUT2D eigenvalue weighted by Crippen LogP contribution is -3.08. The lowest BCUT2D eigenvalue weighted by atomic mass is 10.0. The van der Waals surface area contributed by atoms with Crippen LogP contribution in [-0.4, -0.2) is 43.6 Å². The molecule has 1 aliphatic heterocycles. The topological polar surface area (TPSA) is 72.6 Å². The van der Waals surface area contributed by atoms with E-state index in [0.29, 0.717) is 21.9 Å². The Kier molecular flexibility index (Phi) is 6.36. The second-order valence-electron chi connectivity index (χ2n) is 8.12. The van der Waals surface area contributed by atoms with Gasteiger partial charge in [0.15, 0.2) is 11.5 Å². The second kappa shape index (κ2) is 8.45. The molecule has 156 valence electrons. The van der Waals surface area contributed by atoms with Crippen LogP contribution in [0.15, 0.2) is 21.6 Å². The number of aromatic hydroxyl groups is 1. The first kappa shape index (κ1) is 21.8. The molecule has 8 heteroatoms. The fourth-order valence-electron chi connectivity index (χ4n) is 3.21. The van der Waals surface area contributed by atoms with Gasteiger partial charge in [-0.2, -0.15) is 0 Å². The number of rotatable bonds is 4. The molecule has 0 radical (unpaired) electrons. The number of halogens is 1. The molecule has 1 aromatic heterocycles. The highest BCUT2D eigenvalue weighted by Crippen LogP contribution is 2.39. The van der Waals surface area contributed by atoms with Crippen LogP contribution >= 0.6 is 27.3 Å². The van der Waals surface area contributed by atoms with Gasteiger partial charge in [-0.25, -0.2) is 9.79 Å². The fourth-order valence-corrected chi connectivity index (χ4v) is 4.96. The van der Waals surface area contributed by atoms with Gasteiger partial charge in [-0.3, -0.25) is 0 Å². The highest BCUT2D eigenvalue weighted by atomic mass is 79.9. The molecule has 0 fully saturated rings. The number of thiophene rings is 1. The largest absolute Gasteiger partial charge is 0.504 e. The number of carbonyl (C=O) groups excluding carboxylic acids is 1. The number of phenolic OH excluding ortho intramolecular Hbond substituents is 1. The molecule has 0 saturated heterocycles. The lowest BCUT2D eigenvalue weighted by molar-refractivity contribution is -0.895. The molecule has 1 atom stereocenters. The van der Waals surface area contributed by atoms with Crippen LogP contribution in [0.3, 0.4) is 0 Å². The van der Waals surface area contributed by atoms with Crippen LogP contribution in [0, 0.1) is 0 Å². The van der Waals surface area contributed by atoms with E-state index in [1.165, 1.54) is 23.3 Å². The maximum absolute atomic E-state index is 13.0. The summed E-state index contributed by atoms with van der Waals surface area (Å²) in [6.45, 7) is 7.40. The quantitative estimate of drug-likeness (QED) is 0.517. The number of benzene rings is 1. The van der Waals surface area contributed by atoms with Crippen molar-refractivity contribution in [1.82, 2.24) is 0 Å². The van der Waals surface area contributed by atoms with Gasteiger partial charge in [0.2, 0.25) is 0 Å². The lowest BCUT2D eigenvalue weighted by Gasteiger charge is -2.22. The number of phenols is 1. The first-order chi connectivity index (χ1) is 13.6. The average Bonchev–Trinajstić information content (AvgIpc) is 2.98. The van der Waals surface area contributed by atoms with Crippen molar-refractivity contribution in [2.45, 2.75) is 39.3 Å². The van der Waals surface area contributed by atoms with Gasteiger partial charge >= 0.3 is 5.97 Å². The molecular weight excluding hydrogens is 456 g/mol. The summed E-state index contributed by atoms with van der Waals surface area (Å²) in [5, 5.41) is 11.0. The number of likely N-dealkylation sites (N-methyl/N-ethyl adjacent to an activating group) is 1. The molecule has 0 bridgehead atoms. The molecular formula is C21H26BrN2O4S+. The molecule has 0 saturated carbocycles. The van der Waals surface area contributed by atoms with Crippen molar-refractivity contribution in [3.05, 3.63) is 38.2 Å². The molecule has 0 spiro atoms. The summed E-state index contributed by atoms with van der Waals surface area (Å²) in [5.41, 5.74) is 1.50. The standard InChI is InChI=1S/C21H25BrN2O4S/c1-21(2,3)28-20(26)17-14-6-7-24(4)11-16(14)29-19(17)23-10-12-8-13(22)9-15(27-5)18(12)25/h8-10,25H,6-7,11H2,1-5H3/p+1/b23-10+. The predicted molar refractivity (Wildman–Crippen MR) is 118 cm³/mol. The van der Waals surface area contributed by atoms with Crippen LogP contribution in [0.4, 0.5) is 5.00 Å². The summed E-state index contributed by atoms with van der Waals surface area (Å²) >= 11 is 4.93. The van der Waals surface area contributed by atoms with Crippen molar-refractivity contribution in [3.8, 4) is 11.5 Å². The predicted octanol–water partition coefficient (Wildman–Crippen LogP) is 3.50. The van der Waals surface area contributed by atoms with Gasteiger partial charge < -0.3 is 19.5 Å². The van der Waals surface area contributed by atoms with E-state index in [-0.39, 0.29) is 11.7 Å². The van der Waals surface area contributed by atoms with Crippen molar-refractivity contribution in [2.75, 3.05) is 20.7 Å². The van der Waals surface area contributed by atoms with Gasteiger partial charge in [-0.05, 0) is 38.5 Å². The van der Waals surface area contributed by atoms with Gasteiger partial charge in [0.1, 0.15) is 22.7 Å². The molecule has 29 heavy (non-hydrogen) atoms. The Labute approximate surface area is 183 Å². The minimum atomic E-state index is -0.584. The number of nitrogens with zero attached hydrogens (tertiary/aromatic N) is 1. The minimum Gasteiger partial charge on any atom is -0.504 e. The van der Waals surface area contributed by atoms with E-state index in [9.17, 15) is 9.90 Å². The number of ether oxygens (including phenoxy) is 2. The monoisotopic (exact) mass is 481 g/mol. The van der Waals surface area contributed by atoms with E-state index in [1.807, 2.05) is 20.8 Å². The minimum absolute atomic E-state index is 0.00349. The highest BCUT2D eigenvalue weighted by Gasteiger charge is 2.31. The average molecular weight is 482 g/mol. The second-order valence-corrected chi connectivity index (χ2v) is 10.1. The van der Waals surface area contributed by atoms with Gasteiger partial charge in [0, 0.05) is 22.7 Å². The zero-order chi connectivity index (χ0) is 21.3. The first-order valence-corrected chi connectivity index (χ1v) is 11.0. The Morgan fingerprint density at radius 1 is 1.38 bits per heavy atom. The van der Waals surface area contributed by atoms with Crippen molar-refractivity contribution < 1.29 is 24.3 Å². The van der Waals surface area contributed by atoms with Crippen molar-refractivity contribution in [2.24, 2.45) is 4.99 Å². The van der Waals surface area contributed by atoms with Crippen LogP contribution in [0.5, 0.6) is 11.5 Å². The number of quaternary nitrogens is 1. The van der Waals surface area contributed by atoms with Crippen LogP contribution in [0.1, 0.15) is 47.1 Å². The van der Waals surface area contributed by atoms with Crippen LogP contribution in [0.2, 0.25) is 0 Å². The Morgan fingerprint density at radius 2 is 2.10 bits per heavy atom. The smallest absolute Gasteiger partial charge is 0.342 e. The van der Waals surface area contributed by atoms with Crippen LogP contribution in [0.25, 0.3) is 0 Å². The zero-order valence-corrected chi connectivity index (χ0v) is 19.7. The number of esters is 1. The summed E-state index contributed by atoms with van der Waals surface area (Å²) < 4.78 is 11.6. The van der Waals surface area contributed by atoms with E-state index in [0.717, 1.165) is 34.4 Å². The highest BCUT2D eigenvalue weighted by molar-refractivity contribution is 9.10. The molecule has 1 aliphatic rings. The summed E-state index contributed by atoms with van der Waals surface area (Å²) in [5.74, 6) is 0.00500.